The van der Waals surface area contributed by atoms with Gasteiger partial charge in [-0.1, -0.05) is 6.92 Å². The highest BCUT2D eigenvalue weighted by Gasteiger charge is 2.10. The summed E-state index contributed by atoms with van der Waals surface area (Å²) in [5.41, 5.74) is 6.16. The second-order valence-corrected chi connectivity index (χ2v) is 2.95. The Morgan fingerprint density at radius 3 is 2.83 bits per heavy atom. The molecule has 12 heavy (non-hydrogen) atoms. The summed E-state index contributed by atoms with van der Waals surface area (Å²) >= 11 is 0. The number of aryl methyl sites for hydroxylation is 1. The molecule has 0 amide bonds. The van der Waals surface area contributed by atoms with Crippen molar-refractivity contribution >= 4 is 0 Å². The van der Waals surface area contributed by atoms with E-state index in [0.717, 1.165) is 13.0 Å². The predicted molar refractivity (Wildman–Crippen MR) is 46.8 cm³/mol. The normalized spacial score (nSPS) is 13.2. The van der Waals surface area contributed by atoms with Crippen LogP contribution in [0.5, 0.6) is 5.75 Å². The molecular formula is C8H15N3O. The fourth-order valence-corrected chi connectivity index (χ4v) is 1.09. The first kappa shape index (κ1) is 9.06. The molecule has 68 valence electrons. The molecule has 3 N–H and O–H groups in total. The number of nitrogens with zero attached hydrogens (tertiary/aromatic N) is 2. The topological polar surface area (TPSA) is 64.1 Å². The summed E-state index contributed by atoms with van der Waals surface area (Å²) in [6.07, 6.45) is 2.61. The van der Waals surface area contributed by atoms with E-state index in [1.54, 1.807) is 17.8 Å². The molecular weight excluding hydrogens is 154 g/mol. The van der Waals surface area contributed by atoms with Crippen LogP contribution in [-0.2, 0) is 6.54 Å². The molecule has 1 heterocycles. The summed E-state index contributed by atoms with van der Waals surface area (Å²) in [6, 6.07) is -0.205. The fourth-order valence-electron chi connectivity index (χ4n) is 1.09. The van der Waals surface area contributed by atoms with Gasteiger partial charge in [0.25, 0.3) is 0 Å². The van der Waals surface area contributed by atoms with Gasteiger partial charge >= 0.3 is 0 Å². The lowest BCUT2D eigenvalue weighted by molar-refractivity contribution is 0.463. The van der Waals surface area contributed by atoms with Crippen molar-refractivity contribution in [2.24, 2.45) is 5.73 Å². The van der Waals surface area contributed by atoms with Crippen LogP contribution < -0.4 is 5.73 Å². The van der Waals surface area contributed by atoms with Gasteiger partial charge in [0.15, 0.2) is 5.75 Å². The highest BCUT2D eigenvalue weighted by molar-refractivity contribution is 5.24. The second-order valence-electron chi connectivity index (χ2n) is 2.95. The van der Waals surface area contributed by atoms with Crippen LogP contribution >= 0.6 is 0 Å². The van der Waals surface area contributed by atoms with Crippen molar-refractivity contribution in [2.75, 3.05) is 0 Å². The molecule has 0 spiro atoms. The number of aromatic hydroxyl groups is 1. The van der Waals surface area contributed by atoms with E-state index in [1.165, 1.54) is 0 Å². The number of hydrogen-bond donors (Lipinski definition) is 2. The van der Waals surface area contributed by atoms with Crippen LogP contribution in [0.15, 0.2) is 6.20 Å². The minimum Gasteiger partial charge on any atom is -0.504 e. The monoisotopic (exact) mass is 169 g/mol. The molecule has 0 bridgehead atoms. The largest absolute Gasteiger partial charge is 0.504 e. The molecule has 1 unspecified atom stereocenters. The fraction of sp³-hybridized carbons (Fsp3) is 0.625. The van der Waals surface area contributed by atoms with Crippen LogP contribution in [0, 0.1) is 0 Å². The zero-order chi connectivity index (χ0) is 9.14. The third kappa shape index (κ3) is 1.76. The van der Waals surface area contributed by atoms with Crippen LogP contribution in [0.1, 0.15) is 32.0 Å². The van der Waals surface area contributed by atoms with Crippen molar-refractivity contribution in [2.45, 2.75) is 32.9 Å². The van der Waals surface area contributed by atoms with Crippen LogP contribution in [0.2, 0.25) is 0 Å². The van der Waals surface area contributed by atoms with Crippen LogP contribution in [0.25, 0.3) is 0 Å². The summed E-state index contributed by atoms with van der Waals surface area (Å²) in [6.45, 7) is 4.68. The smallest absolute Gasteiger partial charge is 0.158 e. The molecule has 0 aliphatic rings. The average molecular weight is 169 g/mol. The molecule has 0 saturated carbocycles. The molecule has 1 atom stereocenters. The van der Waals surface area contributed by atoms with Gasteiger partial charge in [-0.25, -0.2) is 0 Å². The maximum absolute atomic E-state index is 9.37. The van der Waals surface area contributed by atoms with Gasteiger partial charge in [0.05, 0.1) is 6.20 Å². The SMILES string of the molecule is CCCn1cc(O)c(C(C)N)n1. The highest BCUT2D eigenvalue weighted by atomic mass is 16.3. The lowest BCUT2D eigenvalue weighted by Gasteiger charge is -1.99. The number of nitrogens with two attached hydrogens (primary N) is 1. The highest BCUT2D eigenvalue weighted by Crippen LogP contribution is 2.19. The first-order valence-electron chi connectivity index (χ1n) is 4.17. The average Bonchev–Trinajstić information content (AvgIpc) is 2.32. The van der Waals surface area contributed by atoms with Gasteiger partial charge in [-0.15, -0.1) is 0 Å². The summed E-state index contributed by atoms with van der Waals surface area (Å²) in [7, 11) is 0. The Morgan fingerprint density at radius 2 is 2.42 bits per heavy atom. The Kier molecular flexibility index (Phi) is 2.70. The zero-order valence-corrected chi connectivity index (χ0v) is 7.49. The summed E-state index contributed by atoms with van der Waals surface area (Å²) in [5, 5.41) is 13.5. The van der Waals surface area contributed by atoms with Crippen molar-refractivity contribution < 1.29 is 5.11 Å². The molecule has 1 aromatic heterocycles. The van der Waals surface area contributed by atoms with Gasteiger partial charge in [0.1, 0.15) is 5.69 Å². The van der Waals surface area contributed by atoms with Gasteiger partial charge in [-0.05, 0) is 13.3 Å². The summed E-state index contributed by atoms with van der Waals surface area (Å²) < 4.78 is 1.72. The van der Waals surface area contributed by atoms with Crippen molar-refractivity contribution in [3.05, 3.63) is 11.9 Å². The van der Waals surface area contributed by atoms with E-state index in [4.69, 9.17) is 5.73 Å². The van der Waals surface area contributed by atoms with Crippen LogP contribution in [0.4, 0.5) is 0 Å². The number of hydrogen-bond acceptors (Lipinski definition) is 3. The van der Waals surface area contributed by atoms with Gasteiger partial charge in [-0.2, -0.15) is 5.10 Å². The molecule has 0 aliphatic carbocycles. The molecule has 0 fully saturated rings. The minimum atomic E-state index is -0.205. The Balaban J connectivity index is 2.85. The Bertz CT molecular complexity index is 255. The number of rotatable bonds is 3. The maximum atomic E-state index is 9.37. The third-order valence-electron chi connectivity index (χ3n) is 1.65. The molecule has 4 heteroatoms. The van der Waals surface area contributed by atoms with Crippen molar-refractivity contribution in [3.63, 3.8) is 0 Å². The third-order valence-corrected chi connectivity index (χ3v) is 1.65. The predicted octanol–water partition coefficient (Wildman–Crippen LogP) is 1.02. The van der Waals surface area contributed by atoms with Gasteiger partial charge < -0.3 is 10.8 Å². The Labute approximate surface area is 72.0 Å². The molecule has 0 radical (unpaired) electrons. The molecule has 0 saturated heterocycles. The van der Waals surface area contributed by atoms with Crippen LogP contribution in [0.3, 0.4) is 0 Å². The molecule has 1 aromatic rings. The number of aromatic nitrogens is 2. The van der Waals surface area contributed by atoms with Crippen molar-refractivity contribution in [1.82, 2.24) is 9.78 Å². The first-order chi connectivity index (χ1) is 5.65. The van der Waals surface area contributed by atoms with Gasteiger partial charge in [-0.3, -0.25) is 4.68 Å². The second kappa shape index (κ2) is 3.58. The molecule has 4 nitrogen and oxygen atoms in total. The first-order valence-corrected chi connectivity index (χ1v) is 4.17. The lowest BCUT2D eigenvalue weighted by Crippen LogP contribution is -2.07. The molecule has 0 aliphatic heterocycles. The maximum Gasteiger partial charge on any atom is 0.158 e. The lowest BCUT2D eigenvalue weighted by atomic mass is 10.2. The van der Waals surface area contributed by atoms with E-state index in [0.29, 0.717) is 5.69 Å². The summed E-state index contributed by atoms with van der Waals surface area (Å²) in [5.74, 6) is 0.193. The van der Waals surface area contributed by atoms with E-state index in [1.807, 2.05) is 0 Å². The van der Waals surface area contributed by atoms with E-state index >= 15 is 0 Å². The standard InChI is InChI=1S/C8H15N3O/c1-3-4-11-5-7(12)8(10-11)6(2)9/h5-6,12H,3-4,9H2,1-2H3. The van der Waals surface area contributed by atoms with Crippen molar-refractivity contribution in [1.29, 1.82) is 0 Å². The van der Waals surface area contributed by atoms with E-state index < -0.39 is 0 Å². The van der Waals surface area contributed by atoms with E-state index in [-0.39, 0.29) is 11.8 Å². The quantitative estimate of drug-likeness (QED) is 0.710. The van der Waals surface area contributed by atoms with Gasteiger partial charge in [0.2, 0.25) is 0 Å². The van der Waals surface area contributed by atoms with E-state index in [9.17, 15) is 5.11 Å². The van der Waals surface area contributed by atoms with Crippen molar-refractivity contribution in [3.8, 4) is 5.75 Å². The van der Waals surface area contributed by atoms with Gasteiger partial charge in [0, 0.05) is 12.6 Å². The minimum absolute atomic E-state index is 0.193. The van der Waals surface area contributed by atoms with E-state index in [2.05, 4.69) is 12.0 Å². The molecule has 1 rings (SSSR count). The molecule has 0 aromatic carbocycles. The zero-order valence-electron chi connectivity index (χ0n) is 7.49. The Morgan fingerprint density at radius 1 is 1.75 bits per heavy atom. The summed E-state index contributed by atoms with van der Waals surface area (Å²) in [4.78, 5) is 0. The Hall–Kier alpha value is -1.03. The van der Waals surface area contributed by atoms with Crippen LogP contribution in [-0.4, -0.2) is 14.9 Å².